The summed E-state index contributed by atoms with van der Waals surface area (Å²) in [6, 6.07) is 6.99. The molecule has 100 valence electrons. The molecule has 19 heavy (non-hydrogen) atoms. The molecule has 0 aromatic heterocycles. The van der Waals surface area contributed by atoms with Gasteiger partial charge in [0, 0.05) is 35.8 Å². The van der Waals surface area contributed by atoms with Gasteiger partial charge in [0.1, 0.15) is 0 Å². The number of thioether (sulfide) groups is 1. The zero-order chi connectivity index (χ0) is 13.7. The molecule has 2 amide bonds. The minimum Gasteiger partial charge on any atom is -0.337 e. The van der Waals surface area contributed by atoms with Crippen LogP contribution in [0.1, 0.15) is 10.4 Å². The fourth-order valence-corrected chi connectivity index (χ4v) is 2.78. The zero-order valence-corrected chi connectivity index (χ0v) is 11.4. The molecule has 1 aromatic carbocycles. The molecule has 1 aromatic rings. The van der Waals surface area contributed by atoms with Gasteiger partial charge < -0.3 is 10.2 Å². The van der Waals surface area contributed by atoms with Gasteiger partial charge in [0.2, 0.25) is 5.91 Å². The Hall–Kier alpha value is -1.75. The molecular weight excluding hydrogens is 260 g/mol. The first kappa shape index (κ1) is 13.7. The van der Waals surface area contributed by atoms with Gasteiger partial charge >= 0.3 is 0 Å². The Bertz CT molecular complexity index is 496. The summed E-state index contributed by atoms with van der Waals surface area (Å²) in [5.74, 6) is 1.71. The lowest BCUT2D eigenvalue weighted by atomic mass is 10.1. The van der Waals surface area contributed by atoms with E-state index in [1.807, 2.05) is 16.7 Å². The number of carbonyl (C=O) groups is 2. The number of nitrogens with one attached hydrogen (secondary N) is 1. The Kier molecular flexibility index (Phi) is 4.63. The molecule has 4 nitrogen and oxygen atoms in total. The maximum Gasteiger partial charge on any atom is 0.253 e. The minimum absolute atomic E-state index is 0.0232. The van der Waals surface area contributed by atoms with Crippen LogP contribution in [0, 0.1) is 0 Å². The summed E-state index contributed by atoms with van der Waals surface area (Å²) in [5, 5.41) is 2.66. The number of hydrogen-bond acceptors (Lipinski definition) is 3. The van der Waals surface area contributed by atoms with Gasteiger partial charge in [-0.15, -0.1) is 0 Å². The van der Waals surface area contributed by atoms with Crippen LogP contribution < -0.4 is 5.32 Å². The summed E-state index contributed by atoms with van der Waals surface area (Å²) in [5.41, 5.74) is 1.22. The molecule has 2 rings (SSSR count). The van der Waals surface area contributed by atoms with Crippen LogP contribution in [0.2, 0.25) is 0 Å². The Morgan fingerprint density at radius 3 is 2.74 bits per heavy atom. The molecule has 1 saturated heterocycles. The number of anilines is 1. The van der Waals surface area contributed by atoms with Gasteiger partial charge in [-0.1, -0.05) is 12.6 Å². The van der Waals surface area contributed by atoms with Crippen molar-refractivity contribution in [2.24, 2.45) is 0 Å². The highest BCUT2D eigenvalue weighted by Gasteiger charge is 2.18. The molecule has 1 aliphatic heterocycles. The number of rotatable bonds is 3. The standard InChI is InChI=1S/C14H16N2O2S/c1-2-13(17)15-12-5-3-4-11(10-12)14(18)16-6-8-19-9-7-16/h2-5,10H,1,6-9H2,(H,15,17). The Labute approximate surface area is 116 Å². The molecule has 1 fully saturated rings. The van der Waals surface area contributed by atoms with Gasteiger partial charge in [0.05, 0.1) is 0 Å². The lowest BCUT2D eigenvalue weighted by molar-refractivity contribution is -0.111. The third-order valence-corrected chi connectivity index (χ3v) is 3.80. The first-order valence-electron chi connectivity index (χ1n) is 6.11. The van der Waals surface area contributed by atoms with Crippen LogP contribution in [0.15, 0.2) is 36.9 Å². The van der Waals surface area contributed by atoms with Crippen molar-refractivity contribution in [1.82, 2.24) is 4.90 Å². The second-order valence-corrected chi connectivity index (χ2v) is 5.40. The van der Waals surface area contributed by atoms with Crippen LogP contribution in [0.5, 0.6) is 0 Å². The Morgan fingerprint density at radius 1 is 1.32 bits per heavy atom. The van der Waals surface area contributed by atoms with E-state index in [1.165, 1.54) is 6.08 Å². The summed E-state index contributed by atoms with van der Waals surface area (Å²) in [4.78, 5) is 25.4. The van der Waals surface area contributed by atoms with E-state index in [4.69, 9.17) is 0 Å². The lowest BCUT2D eigenvalue weighted by Crippen LogP contribution is -2.37. The topological polar surface area (TPSA) is 49.4 Å². The van der Waals surface area contributed by atoms with Crippen LogP contribution in [0.4, 0.5) is 5.69 Å². The molecule has 1 N–H and O–H groups in total. The third-order valence-electron chi connectivity index (χ3n) is 2.86. The normalized spacial score (nSPS) is 14.8. The van der Waals surface area contributed by atoms with Crippen molar-refractivity contribution >= 4 is 29.3 Å². The molecule has 0 saturated carbocycles. The highest BCUT2D eigenvalue weighted by molar-refractivity contribution is 7.99. The van der Waals surface area contributed by atoms with E-state index in [0.717, 1.165) is 24.6 Å². The molecule has 0 radical (unpaired) electrons. The van der Waals surface area contributed by atoms with Crippen molar-refractivity contribution < 1.29 is 9.59 Å². The predicted molar refractivity (Wildman–Crippen MR) is 78.5 cm³/mol. The van der Waals surface area contributed by atoms with Gasteiger partial charge in [-0.2, -0.15) is 11.8 Å². The zero-order valence-electron chi connectivity index (χ0n) is 10.6. The Balaban J connectivity index is 2.11. The van der Waals surface area contributed by atoms with E-state index >= 15 is 0 Å². The van der Waals surface area contributed by atoms with Crippen molar-refractivity contribution in [1.29, 1.82) is 0 Å². The van der Waals surface area contributed by atoms with E-state index in [9.17, 15) is 9.59 Å². The van der Waals surface area contributed by atoms with Gasteiger partial charge in [0.25, 0.3) is 5.91 Å². The van der Waals surface area contributed by atoms with E-state index in [0.29, 0.717) is 11.3 Å². The molecule has 5 heteroatoms. The number of nitrogens with zero attached hydrogens (tertiary/aromatic N) is 1. The molecule has 0 aliphatic carbocycles. The molecule has 1 heterocycles. The van der Waals surface area contributed by atoms with Crippen LogP contribution >= 0.6 is 11.8 Å². The summed E-state index contributed by atoms with van der Waals surface area (Å²) in [6.45, 7) is 4.97. The van der Waals surface area contributed by atoms with Gasteiger partial charge in [-0.05, 0) is 24.3 Å². The largest absolute Gasteiger partial charge is 0.337 e. The number of hydrogen-bond donors (Lipinski definition) is 1. The van der Waals surface area contributed by atoms with E-state index in [-0.39, 0.29) is 11.8 Å². The molecule has 0 atom stereocenters. The summed E-state index contributed by atoms with van der Waals surface area (Å²) in [6.07, 6.45) is 1.20. The first-order chi connectivity index (χ1) is 9.20. The fraction of sp³-hybridized carbons (Fsp3) is 0.286. The molecule has 0 unspecified atom stereocenters. The van der Waals surface area contributed by atoms with Crippen LogP contribution in [0.25, 0.3) is 0 Å². The van der Waals surface area contributed by atoms with Crippen LogP contribution in [-0.4, -0.2) is 41.3 Å². The molecule has 0 bridgehead atoms. The van der Waals surface area contributed by atoms with Gasteiger partial charge in [-0.25, -0.2) is 0 Å². The second-order valence-electron chi connectivity index (χ2n) is 4.18. The summed E-state index contributed by atoms with van der Waals surface area (Å²) in [7, 11) is 0. The maximum absolute atomic E-state index is 12.3. The maximum atomic E-state index is 12.3. The molecule has 0 spiro atoms. The average molecular weight is 276 g/mol. The van der Waals surface area contributed by atoms with Gasteiger partial charge in [-0.3, -0.25) is 9.59 Å². The van der Waals surface area contributed by atoms with E-state index in [2.05, 4.69) is 11.9 Å². The average Bonchev–Trinajstić information content (AvgIpc) is 2.47. The minimum atomic E-state index is -0.279. The monoisotopic (exact) mass is 276 g/mol. The van der Waals surface area contributed by atoms with E-state index in [1.54, 1.807) is 24.3 Å². The Morgan fingerprint density at radius 2 is 2.05 bits per heavy atom. The predicted octanol–water partition coefficient (Wildman–Crippen LogP) is 2.00. The SMILES string of the molecule is C=CC(=O)Nc1cccc(C(=O)N2CCSCC2)c1. The van der Waals surface area contributed by atoms with Crippen molar-refractivity contribution in [3.8, 4) is 0 Å². The third kappa shape index (κ3) is 3.61. The van der Waals surface area contributed by atoms with Crippen LogP contribution in [-0.2, 0) is 4.79 Å². The van der Waals surface area contributed by atoms with E-state index < -0.39 is 0 Å². The molecular formula is C14H16N2O2S. The van der Waals surface area contributed by atoms with Crippen molar-refractivity contribution in [2.45, 2.75) is 0 Å². The fourth-order valence-electron chi connectivity index (χ4n) is 1.87. The quantitative estimate of drug-likeness (QED) is 0.859. The van der Waals surface area contributed by atoms with Crippen LogP contribution in [0.3, 0.4) is 0 Å². The summed E-state index contributed by atoms with van der Waals surface area (Å²) < 4.78 is 0. The first-order valence-corrected chi connectivity index (χ1v) is 7.26. The lowest BCUT2D eigenvalue weighted by Gasteiger charge is -2.26. The highest BCUT2D eigenvalue weighted by atomic mass is 32.2. The summed E-state index contributed by atoms with van der Waals surface area (Å²) >= 11 is 1.86. The smallest absolute Gasteiger partial charge is 0.253 e. The number of amides is 2. The van der Waals surface area contributed by atoms with Crippen molar-refractivity contribution in [2.75, 3.05) is 29.9 Å². The number of benzene rings is 1. The van der Waals surface area contributed by atoms with Gasteiger partial charge in [0.15, 0.2) is 0 Å². The number of carbonyl (C=O) groups excluding carboxylic acids is 2. The van der Waals surface area contributed by atoms with Crippen molar-refractivity contribution in [3.05, 3.63) is 42.5 Å². The molecule has 1 aliphatic rings. The second kappa shape index (κ2) is 6.43. The highest BCUT2D eigenvalue weighted by Crippen LogP contribution is 2.16. The van der Waals surface area contributed by atoms with Crippen molar-refractivity contribution in [3.63, 3.8) is 0 Å².